The van der Waals surface area contributed by atoms with E-state index in [0.717, 1.165) is 24.6 Å². The highest BCUT2D eigenvalue weighted by molar-refractivity contribution is 6.86. The summed E-state index contributed by atoms with van der Waals surface area (Å²) >= 11 is 0. The number of methoxy groups -OCH3 is 1. The number of rotatable bonds is 3. The molecule has 0 aliphatic carbocycles. The second-order valence-electron chi connectivity index (χ2n) is 6.62. The van der Waals surface area contributed by atoms with Gasteiger partial charge in [0.2, 0.25) is 0 Å². The molecule has 0 spiro atoms. The minimum absolute atomic E-state index is 0. The molecule has 20 heavy (non-hydrogen) atoms. The molecular formula is C14H26ClNO2Si2. The number of halogens is 1. The zero-order valence-corrected chi connectivity index (χ0v) is 15.9. The molecule has 0 unspecified atom stereocenters. The van der Waals surface area contributed by atoms with Crippen molar-refractivity contribution in [1.29, 1.82) is 0 Å². The fraction of sp³-hybridized carbons (Fsp3) is 0.571. The number of ether oxygens (including phenoxy) is 1. The molecule has 0 aromatic heterocycles. The van der Waals surface area contributed by atoms with Gasteiger partial charge in [0.15, 0.2) is 16.6 Å². The van der Waals surface area contributed by atoms with Gasteiger partial charge in [-0.05, 0) is 43.9 Å². The predicted octanol–water partition coefficient (Wildman–Crippen LogP) is 3.44. The number of hydrogen-bond acceptors (Lipinski definition) is 3. The molecule has 1 aliphatic rings. The lowest BCUT2D eigenvalue weighted by Gasteiger charge is -2.45. The van der Waals surface area contributed by atoms with Gasteiger partial charge in [0.05, 0.1) is 7.11 Å². The summed E-state index contributed by atoms with van der Waals surface area (Å²) in [7, 11) is -1.29. The zero-order chi connectivity index (χ0) is 14.1. The van der Waals surface area contributed by atoms with Crippen molar-refractivity contribution in [2.45, 2.75) is 32.7 Å². The lowest BCUT2D eigenvalue weighted by atomic mass is 10.2. The van der Waals surface area contributed by atoms with Gasteiger partial charge >= 0.3 is 0 Å². The Morgan fingerprint density at radius 3 is 2.30 bits per heavy atom. The summed E-state index contributed by atoms with van der Waals surface area (Å²) < 4.78 is 11.7. The summed E-state index contributed by atoms with van der Waals surface area (Å²) in [4.78, 5) is 2.58. The van der Waals surface area contributed by atoms with Crippen LogP contribution in [0.5, 0.6) is 5.75 Å². The van der Waals surface area contributed by atoms with Crippen LogP contribution in [0.3, 0.4) is 0 Å². The van der Waals surface area contributed by atoms with Crippen molar-refractivity contribution < 1.29 is 8.85 Å². The summed E-state index contributed by atoms with van der Waals surface area (Å²) in [5.41, 5.74) is 1.33. The lowest BCUT2D eigenvalue weighted by Crippen LogP contribution is -2.62. The molecule has 0 amide bonds. The number of hydrogen-bond donors (Lipinski definition) is 0. The molecule has 1 aromatic rings. The smallest absolute Gasteiger partial charge is 0.187 e. The van der Waals surface area contributed by atoms with Crippen molar-refractivity contribution in [3.8, 4) is 5.75 Å². The Balaban J connectivity index is 0.00000200. The molecule has 1 fully saturated rings. The molecule has 0 bridgehead atoms. The first kappa shape index (κ1) is 17.7. The summed E-state index contributed by atoms with van der Waals surface area (Å²) in [6.45, 7) is 10.3. The van der Waals surface area contributed by atoms with Gasteiger partial charge in [-0.15, -0.1) is 12.4 Å². The second-order valence-corrected chi connectivity index (χ2v) is 15.1. The van der Waals surface area contributed by atoms with E-state index in [9.17, 15) is 0 Å². The van der Waals surface area contributed by atoms with Gasteiger partial charge in [-0.25, -0.2) is 0 Å². The van der Waals surface area contributed by atoms with E-state index in [1.165, 1.54) is 5.56 Å². The van der Waals surface area contributed by atoms with Crippen molar-refractivity contribution in [1.82, 2.24) is 4.90 Å². The Hall–Kier alpha value is -0.336. The van der Waals surface area contributed by atoms with Crippen LogP contribution in [0.25, 0.3) is 0 Å². The predicted molar refractivity (Wildman–Crippen MR) is 91.6 cm³/mol. The van der Waals surface area contributed by atoms with Crippen LogP contribution in [0.1, 0.15) is 5.56 Å². The van der Waals surface area contributed by atoms with E-state index in [4.69, 9.17) is 8.85 Å². The maximum atomic E-state index is 6.39. The highest BCUT2D eigenvalue weighted by Crippen LogP contribution is 2.24. The minimum Gasteiger partial charge on any atom is -0.497 e. The maximum absolute atomic E-state index is 6.39. The first-order valence-corrected chi connectivity index (χ1v) is 13.1. The molecule has 2 rings (SSSR count). The Kier molecular flexibility index (Phi) is 5.86. The average Bonchev–Trinajstić information content (AvgIpc) is 2.24. The average molecular weight is 332 g/mol. The Morgan fingerprint density at radius 1 is 1.15 bits per heavy atom. The molecule has 1 heterocycles. The quantitative estimate of drug-likeness (QED) is 0.792. The number of benzene rings is 1. The first-order valence-electron chi connectivity index (χ1n) is 6.85. The van der Waals surface area contributed by atoms with E-state index in [2.05, 4.69) is 49.3 Å². The molecule has 6 heteroatoms. The molecule has 0 saturated carbocycles. The van der Waals surface area contributed by atoms with E-state index < -0.39 is 16.6 Å². The topological polar surface area (TPSA) is 21.7 Å². The van der Waals surface area contributed by atoms with Gasteiger partial charge in [-0.1, -0.05) is 12.1 Å². The van der Waals surface area contributed by atoms with E-state index in [-0.39, 0.29) is 12.4 Å². The van der Waals surface area contributed by atoms with Crippen LogP contribution in [-0.4, -0.2) is 41.0 Å². The van der Waals surface area contributed by atoms with Crippen molar-refractivity contribution in [2.75, 3.05) is 19.4 Å². The highest BCUT2D eigenvalue weighted by atomic mass is 35.5. The van der Waals surface area contributed by atoms with Gasteiger partial charge in [-0.2, -0.15) is 0 Å². The van der Waals surface area contributed by atoms with Crippen LogP contribution < -0.4 is 4.74 Å². The van der Waals surface area contributed by atoms with Crippen LogP contribution >= 0.6 is 12.4 Å². The molecule has 114 valence electrons. The van der Waals surface area contributed by atoms with Crippen LogP contribution in [0.15, 0.2) is 24.3 Å². The monoisotopic (exact) mass is 331 g/mol. The van der Waals surface area contributed by atoms with Crippen molar-refractivity contribution in [2.24, 2.45) is 0 Å². The molecular weight excluding hydrogens is 306 g/mol. The zero-order valence-electron chi connectivity index (χ0n) is 13.1. The van der Waals surface area contributed by atoms with Crippen LogP contribution in [-0.2, 0) is 10.7 Å². The molecule has 3 nitrogen and oxygen atoms in total. The summed E-state index contributed by atoms with van der Waals surface area (Å²) in [5.74, 6) is 0.943. The van der Waals surface area contributed by atoms with Crippen LogP contribution in [0.4, 0.5) is 0 Å². The molecule has 1 saturated heterocycles. The van der Waals surface area contributed by atoms with Gasteiger partial charge in [-0.3, -0.25) is 4.90 Å². The Bertz CT molecular complexity index is 439. The second kappa shape index (κ2) is 6.62. The summed E-state index contributed by atoms with van der Waals surface area (Å²) in [6, 6.07) is 8.39. The molecule has 1 aliphatic heterocycles. The maximum Gasteiger partial charge on any atom is 0.187 e. The molecule has 0 atom stereocenters. The first-order chi connectivity index (χ1) is 8.80. The molecule has 0 N–H and O–H groups in total. The normalized spacial score (nSPS) is 21.1. The third-order valence-corrected chi connectivity index (χ3v) is 10.1. The lowest BCUT2D eigenvalue weighted by molar-refractivity contribution is 0.290. The summed E-state index contributed by atoms with van der Waals surface area (Å²) in [5, 5.41) is 0. The third-order valence-electron chi connectivity index (χ3n) is 3.30. The van der Waals surface area contributed by atoms with Crippen LogP contribution in [0.2, 0.25) is 26.2 Å². The molecule has 0 radical (unpaired) electrons. The molecule has 1 aromatic carbocycles. The van der Waals surface area contributed by atoms with Crippen LogP contribution in [0, 0.1) is 0 Å². The fourth-order valence-electron chi connectivity index (χ4n) is 3.09. The van der Waals surface area contributed by atoms with Crippen molar-refractivity contribution in [3.63, 3.8) is 0 Å². The van der Waals surface area contributed by atoms with E-state index >= 15 is 0 Å². The minimum atomic E-state index is -1.51. The largest absolute Gasteiger partial charge is 0.497 e. The highest BCUT2D eigenvalue weighted by Gasteiger charge is 2.41. The Labute approximate surface area is 130 Å². The Morgan fingerprint density at radius 2 is 1.75 bits per heavy atom. The standard InChI is InChI=1S/C14H25NO2Si2.ClH/c1-16-14-8-6-7-13(9-14)10-15-11-18(2,3)17-19(4,5)12-15;/h6-9H,10-12H2,1-5H3;1H. The fourth-order valence-corrected chi connectivity index (χ4v) is 12.4. The van der Waals surface area contributed by atoms with Gasteiger partial charge in [0.1, 0.15) is 5.75 Å². The van der Waals surface area contributed by atoms with E-state index in [1.807, 2.05) is 6.07 Å². The van der Waals surface area contributed by atoms with Crippen molar-refractivity contribution in [3.05, 3.63) is 29.8 Å². The van der Waals surface area contributed by atoms with Gasteiger partial charge < -0.3 is 8.85 Å². The van der Waals surface area contributed by atoms with Gasteiger partial charge in [0, 0.05) is 18.9 Å². The van der Waals surface area contributed by atoms with Crippen molar-refractivity contribution >= 4 is 29.0 Å². The van der Waals surface area contributed by atoms with E-state index in [1.54, 1.807) is 7.11 Å². The number of nitrogens with zero attached hydrogens (tertiary/aromatic N) is 1. The third kappa shape index (κ3) is 4.89. The summed E-state index contributed by atoms with van der Waals surface area (Å²) in [6.07, 6.45) is 2.25. The van der Waals surface area contributed by atoms with Gasteiger partial charge in [0.25, 0.3) is 0 Å². The van der Waals surface area contributed by atoms with E-state index in [0.29, 0.717) is 0 Å². The SMILES string of the molecule is COc1cccc(CN2C[Si](C)(C)O[Si](C)(C)C2)c1.Cl.